The number of ether oxygens (including phenoxy) is 1. The molecule has 1 aromatic rings. The molecule has 0 unspecified atom stereocenters. The molecule has 0 radical (unpaired) electrons. The van der Waals surface area contributed by atoms with Crippen molar-refractivity contribution in [2.45, 2.75) is 13.0 Å². The first kappa shape index (κ1) is 10.1. The van der Waals surface area contributed by atoms with Gasteiger partial charge in [0.1, 0.15) is 0 Å². The van der Waals surface area contributed by atoms with Gasteiger partial charge in [-0.2, -0.15) is 0 Å². The van der Waals surface area contributed by atoms with Gasteiger partial charge in [0.15, 0.2) is 0 Å². The topological polar surface area (TPSA) is 24.5 Å². The summed E-state index contributed by atoms with van der Waals surface area (Å²) in [6.45, 7) is 5.89. The van der Waals surface area contributed by atoms with Crippen LogP contribution in [0, 0.1) is 0 Å². The lowest BCUT2D eigenvalue weighted by Gasteiger charge is -2.32. The van der Waals surface area contributed by atoms with Crippen LogP contribution in [-0.2, 0) is 17.7 Å². The van der Waals surface area contributed by atoms with E-state index in [-0.39, 0.29) is 0 Å². The molecule has 1 N–H and O–H groups in total. The van der Waals surface area contributed by atoms with E-state index in [4.69, 9.17) is 4.74 Å². The summed E-state index contributed by atoms with van der Waals surface area (Å²) in [4.78, 5) is 2.45. The lowest BCUT2D eigenvalue weighted by Crippen LogP contribution is -2.38. The van der Waals surface area contributed by atoms with Crippen LogP contribution in [0.15, 0.2) is 18.2 Å². The normalized spacial score (nSPS) is 20.6. The lowest BCUT2D eigenvalue weighted by atomic mass is 9.98. The van der Waals surface area contributed by atoms with Crippen molar-refractivity contribution in [3.05, 3.63) is 29.3 Å². The number of fused-ring (bicyclic) bond motifs is 1. The Hall–Kier alpha value is -1.06. The van der Waals surface area contributed by atoms with E-state index >= 15 is 0 Å². The first-order valence-electron chi connectivity index (χ1n) is 6.09. The second-order valence-electron chi connectivity index (χ2n) is 4.44. The molecule has 0 spiro atoms. The van der Waals surface area contributed by atoms with Crippen molar-refractivity contribution >= 4 is 5.69 Å². The van der Waals surface area contributed by atoms with Crippen LogP contribution in [0.4, 0.5) is 5.69 Å². The molecule has 86 valence electrons. The van der Waals surface area contributed by atoms with Gasteiger partial charge in [-0.15, -0.1) is 0 Å². The van der Waals surface area contributed by atoms with E-state index in [9.17, 15) is 0 Å². The Balaban J connectivity index is 1.93. The summed E-state index contributed by atoms with van der Waals surface area (Å²) in [5.41, 5.74) is 4.42. The Kier molecular flexibility index (Phi) is 2.80. The molecule has 3 nitrogen and oxygen atoms in total. The fourth-order valence-electron chi connectivity index (χ4n) is 2.60. The van der Waals surface area contributed by atoms with Crippen LogP contribution in [-0.4, -0.2) is 32.8 Å². The molecule has 3 rings (SSSR count). The van der Waals surface area contributed by atoms with Crippen LogP contribution < -0.4 is 10.2 Å². The van der Waals surface area contributed by atoms with E-state index in [2.05, 4.69) is 28.4 Å². The summed E-state index contributed by atoms with van der Waals surface area (Å²) >= 11 is 0. The molecule has 2 aliphatic heterocycles. The third-order valence-electron chi connectivity index (χ3n) is 3.47. The molecule has 0 saturated carbocycles. The second-order valence-corrected chi connectivity index (χ2v) is 4.44. The summed E-state index contributed by atoms with van der Waals surface area (Å²) < 4.78 is 5.41. The zero-order valence-corrected chi connectivity index (χ0v) is 9.54. The maximum atomic E-state index is 5.41. The van der Waals surface area contributed by atoms with Crippen LogP contribution in [0.1, 0.15) is 11.1 Å². The first-order chi connectivity index (χ1) is 7.95. The van der Waals surface area contributed by atoms with Crippen molar-refractivity contribution in [1.82, 2.24) is 5.32 Å². The van der Waals surface area contributed by atoms with Gasteiger partial charge < -0.3 is 15.0 Å². The number of nitrogens with zero attached hydrogens (tertiary/aromatic N) is 1. The summed E-state index contributed by atoms with van der Waals surface area (Å²) in [7, 11) is 0. The molecular formula is C13H18N2O. The van der Waals surface area contributed by atoms with Crippen molar-refractivity contribution < 1.29 is 4.74 Å². The average molecular weight is 218 g/mol. The standard InChI is InChI=1S/C13H18N2O/c1-2-11-4-5-14-10-12(11)13(3-1)15-6-8-16-9-7-15/h1-3,14H,4-10H2. The van der Waals surface area contributed by atoms with E-state index in [1.165, 1.54) is 16.8 Å². The highest BCUT2D eigenvalue weighted by molar-refractivity contribution is 5.57. The number of nitrogens with one attached hydrogen (secondary N) is 1. The quantitative estimate of drug-likeness (QED) is 0.766. The molecule has 1 aromatic carbocycles. The van der Waals surface area contributed by atoms with E-state index in [1.807, 2.05) is 0 Å². The number of morpholine rings is 1. The number of hydrogen-bond acceptors (Lipinski definition) is 3. The molecule has 0 amide bonds. The predicted molar refractivity (Wildman–Crippen MR) is 64.9 cm³/mol. The lowest BCUT2D eigenvalue weighted by molar-refractivity contribution is 0.122. The van der Waals surface area contributed by atoms with E-state index in [1.54, 1.807) is 0 Å². The third kappa shape index (κ3) is 1.81. The highest BCUT2D eigenvalue weighted by Crippen LogP contribution is 2.26. The number of rotatable bonds is 1. The third-order valence-corrected chi connectivity index (χ3v) is 3.47. The van der Waals surface area contributed by atoms with Gasteiger partial charge in [0.2, 0.25) is 0 Å². The van der Waals surface area contributed by atoms with Gasteiger partial charge in [-0.1, -0.05) is 12.1 Å². The molecule has 1 fully saturated rings. The largest absolute Gasteiger partial charge is 0.378 e. The monoisotopic (exact) mass is 218 g/mol. The molecule has 0 aliphatic carbocycles. The molecular weight excluding hydrogens is 200 g/mol. The van der Waals surface area contributed by atoms with Crippen molar-refractivity contribution in [2.24, 2.45) is 0 Å². The second kappa shape index (κ2) is 4.44. The highest BCUT2D eigenvalue weighted by atomic mass is 16.5. The smallest absolute Gasteiger partial charge is 0.0642 e. The van der Waals surface area contributed by atoms with Crippen LogP contribution in [0.2, 0.25) is 0 Å². The van der Waals surface area contributed by atoms with Crippen molar-refractivity contribution in [3.8, 4) is 0 Å². The SMILES string of the molecule is c1cc2c(c(N3CCOCC3)c1)CNCC2. The van der Waals surface area contributed by atoms with Gasteiger partial charge >= 0.3 is 0 Å². The molecule has 0 atom stereocenters. The van der Waals surface area contributed by atoms with Crippen molar-refractivity contribution in [1.29, 1.82) is 0 Å². The van der Waals surface area contributed by atoms with Crippen LogP contribution in [0.5, 0.6) is 0 Å². The molecule has 16 heavy (non-hydrogen) atoms. The Morgan fingerprint density at radius 1 is 1.19 bits per heavy atom. The van der Waals surface area contributed by atoms with E-state index in [0.29, 0.717) is 0 Å². The maximum absolute atomic E-state index is 5.41. The molecule has 0 aromatic heterocycles. The number of hydrogen-bond donors (Lipinski definition) is 1. The first-order valence-corrected chi connectivity index (χ1v) is 6.09. The maximum Gasteiger partial charge on any atom is 0.0642 e. The van der Waals surface area contributed by atoms with Gasteiger partial charge in [-0.3, -0.25) is 0 Å². The van der Waals surface area contributed by atoms with Crippen molar-refractivity contribution in [2.75, 3.05) is 37.7 Å². The van der Waals surface area contributed by atoms with Gasteiger partial charge in [0, 0.05) is 25.3 Å². The van der Waals surface area contributed by atoms with Crippen molar-refractivity contribution in [3.63, 3.8) is 0 Å². The van der Waals surface area contributed by atoms with Crippen LogP contribution in [0.25, 0.3) is 0 Å². The Labute approximate surface area is 96.4 Å². The van der Waals surface area contributed by atoms with E-state index in [0.717, 1.165) is 45.8 Å². The van der Waals surface area contributed by atoms with Crippen LogP contribution in [0.3, 0.4) is 0 Å². The Bertz CT molecular complexity index is 372. The van der Waals surface area contributed by atoms with Gasteiger partial charge in [0.25, 0.3) is 0 Å². The fourth-order valence-corrected chi connectivity index (χ4v) is 2.60. The summed E-state index contributed by atoms with van der Waals surface area (Å²) in [6, 6.07) is 6.70. The number of benzene rings is 1. The Morgan fingerprint density at radius 3 is 2.94 bits per heavy atom. The molecule has 3 heteroatoms. The minimum atomic E-state index is 0.858. The summed E-state index contributed by atoms with van der Waals surface area (Å²) in [5.74, 6) is 0. The fraction of sp³-hybridized carbons (Fsp3) is 0.538. The summed E-state index contributed by atoms with van der Waals surface area (Å²) in [6.07, 6.45) is 1.16. The molecule has 2 heterocycles. The average Bonchev–Trinajstić information content (AvgIpc) is 2.39. The van der Waals surface area contributed by atoms with Gasteiger partial charge in [-0.05, 0) is 30.2 Å². The van der Waals surface area contributed by atoms with Gasteiger partial charge in [-0.25, -0.2) is 0 Å². The highest BCUT2D eigenvalue weighted by Gasteiger charge is 2.18. The minimum Gasteiger partial charge on any atom is -0.378 e. The predicted octanol–water partition coefficient (Wildman–Crippen LogP) is 1.17. The van der Waals surface area contributed by atoms with Crippen LogP contribution >= 0.6 is 0 Å². The zero-order chi connectivity index (χ0) is 10.8. The minimum absolute atomic E-state index is 0.858. The van der Waals surface area contributed by atoms with Gasteiger partial charge in [0.05, 0.1) is 13.2 Å². The molecule has 2 aliphatic rings. The molecule has 1 saturated heterocycles. The zero-order valence-electron chi connectivity index (χ0n) is 9.54. The number of anilines is 1. The molecule has 0 bridgehead atoms. The van der Waals surface area contributed by atoms with E-state index < -0.39 is 0 Å². The summed E-state index contributed by atoms with van der Waals surface area (Å²) in [5, 5.41) is 3.46. The Morgan fingerprint density at radius 2 is 2.06 bits per heavy atom.